The lowest BCUT2D eigenvalue weighted by Gasteiger charge is -2.09. The van der Waals surface area contributed by atoms with Crippen molar-refractivity contribution >= 4 is 33.3 Å². The summed E-state index contributed by atoms with van der Waals surface area (Å²) in [5.41, 5.74) is 1.21. The van der Waals surface area contributed by atoms with E-state index in [1.165, 1.54) is 25.6 Å². The molecule has 0 spiro atoms. The molecule has 0 saturated carbocycles. The van der Waals surface area contributed by atoms with Gasteiger partial charge in [0.2, 0.25) is 0 Å². The van der Waals surface area contributed by atoms with Crippen molar-refractivity contribution in [1.29, 1.82) is 0 Å². The Balaban J connectivity index is 1.59. The fourth-order valence-electron chi connectivity index (χ4n) is 2.84. The van der Waals surface area contributed by atoms with E-state index in [1.807, 2.05) is 12.1 Å². The van der Waals surface area contributed by atoms with Gasteiger partial charge in [0, 0.05) is 16.3 Å². The van der Waals surface area contributed by atoms with Crippen molar-refractivity contribution in [2.24, 2.45) is 0 Å². The predicted molar refractivity (Wildman–Crippen MR) is 111 cm³/mol. The van der Waals surface area contributed by atoms with E-state index in [2.05, 4.69) is 10.3 Å². The van der Waals surface area contributed by atoms with Crippen LogP contribution in [0.4, 0.5) is 5.13 Å². The molecule has 0 bridgehead atoms. The lowest BCUT2D eigenvalue weighted by atomic mass is 10.1. The summed E-state index contributed by atoms with van der Waals surface area (Å²) in [6.45, 7) is 0. The number of hydrogen-bond donors (Lipinski definition) is 1. The summed E-state index contributed by atoms with van der Waals surface area (Å²) < 4.78 is 15.8. The first-order valence-electron chi connectivity index (χ1n) is 8.61. The molecule has 8 heteroatoms. The molecule has 29 heavy (non-hydrogen) atoms. The van der Waals surface area contributed by atoms with Gasteiger partial charge in [-0.1, -0.05) is 18.2 Å². The van der Waals surface area contributed by atoms with Gasteiger partial charge in [-0.2, -0.15) is 0 Å². The Morgan fingerprint density at radius 1 is 1.07 bits per heavy atom. The second kappa shape index (κ2) is 7.76. The van der Waals surface area contributed by atoms with Gasteiger partial charge < -0.3 is 13.9 Å². The van der Waals surface area contributed by atoms with Gasteiger partial charge in [0.15, 0.2) is 16.6 Å². The Hall–Kier alpha value is -3.65. The van der Waals surface area contributed by atoms with Crippen molar-refractivity contribution in [2.45, 2.75) is 0 Å². The van der Waals surface area contributed by atoms with Crippen molar-refractivity contribution in [3.8, 4) is 22.8 Å². The summed E-state index contributed by atoms with van der Waals surface area (Å²) in [6.07, 6.45) is 0. The molecule has 7 nitrogen and oxygen atoms in total. The Morgan fingerprint density at radius 2 is 1.86 bits per heavy atom. The molecule has 1 N–H and O–H groups in total. The van der Waals surface area contributed by atoms with Gasteiger partial charge in [-0.05, 0) is 30.3 Å². The first kappa shape index (κ1) is 18.7. The monoisotopic (exact) mass is 408 g/mol. The van der Waals surface area contributed by atoms with Crippen LogP contribution in [0.3, 0.4) is 0 Å². The highest BCUT2D eigenvalue weighted by Crippen LogP contribution is 2.29. The number of fused-ring (bicyclic) bond motifs is 1. The van der Waals surface area contributed by atoms with Crippen LogP contribution in [0.1, 0.15) is 10.4 Å². The van der Waals surface area contributed by atoms with E-state index in [4.69, 9.17) is 13.9 Å². The predicted octanol–water partition coefficient (Wildman–Crippen LogP) is 4.19. The normalized spacial score (nSPS) is 10.7. The molecule has 4 aromatic rings. The van der Waals surface area contributed by atoms with Crippen molar-refractivity contribution in [1.82, 2.24) is 4.98 Å². The summed E-state index contributed by atoms with van der Waals surface area (Å²) >= 11 is 1.22. The number of carbonyl (C=O) groups excluding carboxylic acids is 1. The number of methoxy groups -OCH3 is 2. The molecule has 2 aromatic carbocycles. The van der Waals surface area contributed by atoms with Crippen LogP contribution in [-0.2, 0) is 0 Å². The van der Waals surface area contributed by atoms with Crippen LogP contribution in [0, 0.1) is 0 Å². The number of benzene rings is 2. The van der Waals surface area contributed by atoms with Crippen molar-refractivity contribution < 1.29 is 18.7 Å². The van der Waals surface area contributed by atoms with Crippen LogP contribution in [0.2, 0.25) is 0 Å². The second-order valence-corrected chi connectivity index (χ2v) is 6.91. The number of anilines is 1. The average Bonchev–Trinajstić information content (AvgIpc) is 3.20. The van der Waals surface area contributed by atoms with E-state index in [1.54, 1.807) is 41.8 Å². The molecule has 0 aliphatic rings. The highest BCUT2D eigenvalue weighted by Gasteiger charge is 2.15. The van der Waals surface area contributed by atoms with Crippen molar-refractivity contribution in [3.63, 3.8) is 0 Å². The molecule has 146 valence electrons. The molecule has 0 atom stereocenters. The van der Waals surface area contributed by atoms with Gasteiger partial charge in [0.1, 0.15) is 5.58 Å². The third-order valence-corrected chi connectivity index (χ3v) is 5.05. The third-order valence-electron chi connectivity index (χ3n) is 4.29. The number of nitrogens with one attached hydrogen (secondary N) is 1. The fourth-order valence-corrected chi connectivity index (χ4v) is 3.55. The maximum absolute atomic E-state index is 12.5. The van der Waals surface area contributed by atoms with Crippen molar-refractivity contribution in [3.05, 3.63) is 69.9 Å². The highest BCUT2D eigenvalue weighted by molar-refractivity contribution is 7.14. The van der Waals surface area contributed by atoms with Crippen LogP contribution in [-0.4, -0.2) is 25.1 Å². The largest absolute Gasteiger partial charge is 0.493 e. The van der Waals surface area contributed by atoms with Gasteiger partial charge in [-0.15, -0.1) is 11.3 Å². The molecule has 4 rings (SSSR count). The third kappa shape index (κ3) is 3.70. The van der Waals surface area contributed by atoms with Crippen LogP contribution in [0.15, 0.2) is 63.1 Å². The van der Waals surface area contributed by atoms with Crippen LogP contribution < -0.4 is 20.4 Å². The van der Waals surface area contributed by atoms with Crippen LogP contribution >= 0.6 is 11.3 Å². The molecule has 2 heterocycles. The van der Waals surface area contributed by atoms with E-state index < -0.39 is 5.63 Å². The van der Waals surface area contributed by atoms with Crippen LogP contribution in [0.5, 0.6) is 11.5 Å². The lowest BCUT2D eigenvalue weighted by Crippen LogP contribution is -2.12. The standard InChI is InChI=1S/C21H16N2O5S/c1-26-17-8-7-13(10-18(17)27-2)19(24)23-21-22-15(11-29-21)14-9-12-5-3-4-6-16(12)28-20(14)25/h3-11H,1-2H3,(H,22,23,24). The summed E-state index contributed by atoms with van der Waals surface area (Å²) in [5.74, 6) is 0.634. The maximum atomic E-state index is 12.5. The van der Waals surface area contributed by atoms with Crippen LogP contribution in [0.25, 0.3) is 22.2 Å². The van der Waals surface area contributed by atoms with E-state index in [9.17, 15) is 9.59 Å². The first-order valence-corrected chi connectivity index (χ1v) is 9.49. The van der Waals surface area contributed by atoms with E-state index in [0.717, 1.165) is 5.39 Å². The van der Waals surface area contributed by atoms with E-state index in [-0.39, 0.29) is 5.91 Å². The molecule has 0 saturated heterocycles. The number of carbonyl (C=O) groups is 1. The summed E-state index contributed by atoms with van der Waals surface area (Å²) in [6, 6.07) is 13.9. The molecular weight excluding hydrogens is 392 g/mol. The van der Waals surface area contributed by atoms with E-state index >= 15 is 0 Å². The summed E-state index contributed by atoms with van der Waals surface area (Å²) in [5, 5.41) is 5.60. The number of amides is 1. The zero-order valence-corrected chi connectivity index (χ0v) is 16.4. The Morgan fingerprint density at radius 3 is 2.66 bits per heavy atom. The van der Waals surface area contributed by atoms with Gasteiger partial charge in [-0.3, -0.25) is 10.1 Å². The molecular formula is C21H16N2O5S. The number of ether oxygens (including phenoxy) is 2. The van der Waals surface area contributed by atoms with Gasteiger partial charge in [-0.25, -0.2) is 9.78 Å². The van der Waals surface area contributed by atoms with Gasteiger partial charge in [0.05, 0.1) is 25.5 Å². The lowest BCUT2D eigenvalue weighted by molar-refractivity contribution is 0.102. The Labute approximate surface area is 169 Å². The average molecular weight is 408 g/mol. The zero-order chi connectivity index (χ0) is 20.4. The topological polar surface area (TPSA) is 90.7 Å². The van der Waals surface area contributed by atoms with Crippen molar-refractivity contribution in [2.75, 3.05) is 19.5 Å². The molecule has 0 aliphatic carbocycles. The molecule has 0 radical (unpaired) electrons. The molecule has 0 unspecified atom stereocenters. The number of hydrogen-bond acceptors (Lipinski definition) is 7. The minimum Gasteiger partial charge on any atom is -0.493 e. The Kier molecular flexibility index (Phi) is 5.01. The SMILES string of the molecule is COc1ccc(C(=O)Nc2nc(-c3cc4ccccc4oc3=O)cs2)cc1OC. The number of para-hydroxylation sites is 1. The molecule has 2 aromatic heterocycles. The second-order valence-electron chi connectivity index (χ2n) is 6.05. The molecule has 1 amide bonds. The number of aromatic nitrogens is 1. The minimum absolute atomic E-state index is 0.339. The Bertz CT molecular complexity index is 1260. The zero-order valence-electron chi connectivity index (χ0n) is 15.6. The minimum atomic E-state index is -0.480. The maximum Gasteiger partial charge on any atom is 0.345 e. The summed E-state index contributed by atoms with van der Waals surface area (Å²) in [7, 11) is 3.03. The van der Waals surface area contributed by atoms with E-state index in [0.29, 0.717) is 39.0 Å². The summed E-state index contributed by atoms with van der Waals surface area (Å²) in [4.78, 5) is 29.2. The highest BCUT2D eigenvalue weighted by atomic mass is 32.1. The van der Waals surface area contributed by atoms with Gasteiger partial charge >= 0.3 is 5.63 Å². The number of thiazole rings is 1. The smallest absolute Gasteiger partial charge is 0.345 e. The molecule has 0 fully saturated rings. The quantitative estimate of drug-likeness (QED) is 0.498. The number of nitrogens with zero attached hydrogens (tertiary/aromatic N) is 1. The molecule has 0 aliphatic heterocycles. The van der Waals surface area contributed by atoms with Gasteiger partial charge in [0.25, 0.3) is 5.91 Å². The fraction of sp³-hybridized carbons (Fsp3) is 0.0952. The first-order chi connectivity index (χ1) is 14.1. The number of rotatable bonds is 5.